The summed E-state index contributed by atoms with van der Waals surface area (Å²) in [4.78, 5) is 0. The molecule has 0 heterocycles. The first-order valence-corrected chi connectivity index (χ1v) is 7.24. The predicted octanol–water partition coefficient (Wildman–Crippen LogP) is 5.82. The van der Waals surface area contributed by atoms with E-state index in [1.165, 1.54) is 12.1 Å². The van der Waals surface area contributed by atoms with Crippen molar-refractivity contribution in [1.29, 1.82) is 0 Å². The van der Waals surface area contributed by atoms with Gasteiger partial charge in [0.2, 0.25) is 0 Å². The van der Waals surface area contributed by atoms with Gasteiger partial charge in [-0.3, -0.25) is 0 Å². The molecular formula is C19H15FN2O. The Morgan fingerprint density at radius 1 is 0.696 bits per heavy atom. The molecule has 4 heteroatoms. The van der Waals surface area contributed by atoms with E-state index in [0.717, 1.165) is 22.7 Å². The molecule has 0 amide bonds. The molecule has 0 fully saturated rings. The second-order valence-corrected chi connectivity index (χ2v) is 4.94. The first-order valence-electron chi connectivity index (χ1n) is 7.24. The Balaban J connectivity index is 1.58. The van der Waals surface area contributed by atoms with Crippen molar-refractivity contribution in [2.45, 2.75) is 6.61 Å². The third-order valence-electron chi connectivity index (χ3n) is 3.19. The molecule has 0 radical (unpaired) electrons. The summed E-state index contributed by atoms with van der Waals surface area (Å²) >= 11 is 0. The molecule has 0 aliphatic carbocycles. The Labute approximate surface area is 134 Å². The SMILES string of the molecule is Fc1ccc(COc2ccc(N=Nc3ccccc3)cc2)cc1. The minimum Gasteiger partial charge on any atom is -0.489 e. The van der Waals surface area contributed by atoms with E-state index in [-0.39, 0.29) is 5.82 Å². The average molecular weight is 306 g/mol. The molecule has 114 valence electrons. The van der Waals surface area contributed by atoms with E-state index < -0.39 is 0 Å². The molecule has 0 saturated heterocycles. The zero-order chi connectivity index (χ0) is 15.9. The van der Waals surface area contributed by atoms with E-state index in [1.807, 2.05) is 54.6 Å². The lowest BCUT2D eigenvalue weighted by Gasteiger charge is -2.06. The fraction of sp³-hybridized carbons (Fsp3) is 0.0526. The molecule has 0 aliphatic heterocycles. The zero-order valence-electron chi connectivity index (χ0n) is 12.4. The monoisotopic (exact) mass is 306 g/mol. The Hall–Kier alpha value is -3.01. The topological polar surface area (TPSA) is 34.0 Å². The molecule has 0 spiro atoms. The maximum absolute atomic E-state index is 12.8. The number of benzene rings is 3. The summed E-state index contributed by atoms with van der Waals surface area (Å²) in [6, 6.07) is 23.2. The molecule has 0 bridgehead atoms. The van der Waals surface area contributed by atoms with Gasteiger partial charge >= 0.3 is 0 Å². The van der Waals surface area contributed by atoms with Crippen LogP contribution in [0.4, 0.5) is 15.8 Å². The first-order chi connectivity index (χ1) is 11.3. The summed E-state index contributed by atoms with van der Waals surface area (Å²) in [6.45, 7) is 0.394. The maximum Gasteiger partial charge on any atom is 0.123 e. The van der Waals surface area contributed by atoms with Gasteiger partial charge in [-0.05, 0) is 54.1 Å². The van der Waals surface area contributed by atoms with Gasteiger partial charge in [-0.25, -0.2) is 4.39 Å². The second kappa shape index (κ2) is 7.31. The highest BCUT2D eigenvalue weighted by Crippen LogP contribution is 2.21. The summed E-state index contributed by atoms with van der Waals surface area (Å²) in [7, 11) is 0. The van der Waals surface area contributed by atoms with E-state index >= 15 is 0 Å². The molecule has 0 aromatic heterocycles. The van der Waals surface area contributed by atoms with Crippen molar-refractivity contribution in [3.8, 4) is 5.75 Å². The molecule has 0 unspecified atom stereocenters. The Kier molecular flexibility index (Phi) is 4.74. The lowest BCUT2D eigenvalue weighted by molar-refractivity contribution is 0.306. The van der Waals surface area contributed by atoms with Crippen LogP contribution in [0.3, 0.4) is 0 Å². The minimum atomic E-state index is -0.248. The number of rotatable bonds is 5. The summed E-state index contributed by atoms with van der Waals surface area (Å²) in [5, 5.41) is 8.33. The number of azo groups is 1. The van der Waals surface area contributed by atoms with Crippen LogP contribution in [0.15, 0.2) is 89.1 Å². The second-order valence-electron chi connectivity index (χ2n) is 4.94. The van der Waals surface area contributed by atoms with Crippen LogP contribution < -0.4 is 4.74 Å². The van der Waals surface area contributed by atoms with E-state index in [9.17, 15) is 4.39 Å². The summed E-state index contributed by atoms with van der Waals surface area (Å²) in [5.41, 5.74) is 2.48. The fourth-order valence-electron chi connectivity index (χ4n) is 1.97. The molecule has 23 heavy (non-hydrogen) atoms. The van der Waals surface area contributed by atoms with E-state index in [4.69, 9.17) is 4.74 Å². The predicted molar refractivity (Wildman–Crippen MR) is 87.8 cm³/mol. The summed E-state index contributed by atoms with van der Waals surface area (Å²) < 4.78 is 18.5. The third-order valence-corrected chi connectivity index (χ3v) is 3.19. The van der Waals surface area contributed by atoms with Crippen LogP contribution in [0.25, 0.3) is 0 Å². The number of nitrogens with zero attached hydrogens (tertiary/aromatic N) is 2. The molecule has 0 saturated carbocycles. The molecule has 0 aliphatic rings. The highest BCUT2D eigenvalue weighted by atomic mass is 19.1. The van der Waals surface area contributed by atoms with Gasteiger partial charge in [0, 0.05) is 0 Å². The van der Waals surface area contributed by atoms with Gasteiger partial charge in [-0.2, -0.15) is 10.2 Å². The summed E-state index contributed by atoms with van der Waals surface area (Å²) in [6.07, 6.45) is 0. The van der Waals surface area contributed by atoms with Gasteiger partial charge in [0.25, 0.3) is 0 Å². The van der Waals surface area contributed by atoms with Crippen molar-refractivity contribution in [2.24, 2.45) is 10.2 Å². The largest absolute Gasteiger partial charge is 0.489 e. The van der Waals surface area contributed by atoms with Crippen LogP contribution >= 0.6 is 0 Å². The first kappa shape index (κ1) is 14.9. The van der Waals surface area contributed by atoms with Gasteiger partial charge in [0.15, 0.2) is 0 Å². The van der Waals surface area contributed by atoms with Gasteiger partial charge in [-0.15, -0.1) is 0 Å². The van der Waals surface area contributed by atoms with Crippen molar-refractivity contribution in [3.63, 3.8) is 0 Å². The molecule has 0 N–H and O–H groups in total. The van der Waals surface area contributed by atoms with Gasteiger partial charge in [-0.1, -0.05) is 30.3 Å². The lowest BCUT2D eigenvalue weighted by Crippen LogP contribution is -1.94. The zero-order valence-corrected chi connectivity index (χ0v) is 12.4. The average Bonchev–Trinajstić information content (AvgIpc) is 2.61. The number of hydrogen-bond acceptors (Lipinski definition) is 3. The van der Waals surface area contributed by atoms with Crippen molar-refractivity contribution >= 4 is 11.4 Å². The molecule has 0 atom stereocenters. The standard InChI is InChI=1S/C19H15FN2O/c20-16-8-6-15(7-9-16)14-23-19-12-10-18(11-13-19)22-21-17-4-2-1-3-5-17/h1-13H,14H2. The van der Waals surface area contributed by atoms with E-state index in [2.05, 4.69) is 10.2 Å². The minimum absolute atomic E-state index is 0.248. The molecular weight excluding hydrogens is 291 g/mol. The molecule has 3 aromatic carbocycles. The van der Waals surface area contributed by atoms with Crippen LogP contribution in [-0.2, 0) is 6.61 Å². The molecule has 3 aromatic rings. The van der Waals surface area contributed by atoms with E-state index in [1.54, 1.807) is 12.1 Å². The number of ether oxygens (including phenoxy) is 1. The Morgan fingerprint density at radius 2 is 1.30 bits per heavy atom. The van der Waals surface area contributed by atoms with Crippen LogP contribution in [0.1, 0.15) is 5.56 Å². The quantitative estimate of drug-likeness (QED) is 0.547. The van der Waals surface area contributed by atoms with Crippen LogP contribution in [0.2, 0.25) is 0 Å². The highest BCUT2D eigenvalue weighted by molar-refractivity contribution is 5.42. The van der Waals surface area contributed by atoms with Gasteiger partial charge in [0.1, 0.15) is 18.2 Å². The van der Waals surface area contributed by atoms with Crippen LogP contribution in [0, 0.1) is 5.82 Å². The summed E-state index contributed by atoms with van der Waals surface area (Å²) in [5.74, 6) is 0.481. The third kappa shape index (κ3) is 4.48. The normalized spacial score (nSPS) is 10.8. The van der Waals surface area contributed by atoms with Gasteiger partial charge in [0.05, 0.1) is 11.4 Å². The lowest BCUT2D eigenvalue weighted by atomic mass is 10.2. The fourth-order valence-corrected chi connectivity index (χ4v) is 1.97. The number of hydrogen-bond donors (Lipinski definition) is 0. The van der Waals surface area contributed by atoms with Crippen molar-refractivity contribution in [3.05, 3.63) is 90.2 Å². The van der Waals surface area contributed by atoms with Crippen LogP contribution in [-0.4, -0.2) is 0 Å². The maximum atomic E-state index is 12.8. The van der Waals surface area contributed by atoms with Gasteiger partial charge < -0.3 is 4.74 Å². The highest BCUT2D eigenvalue weighted by Gasteiger charge is 1.98. The number of halogens is 1. The Morgan fingerprint density at radius 3 is 1.96 bits per heavy atom. The smallest absolute Gasteiger partial charge is 0.123 e. The Bertz CT molecular complexity index is 769. The molecule has 3 rings (SSSR count). The van der Waals surface area contributed by atoms with Crippen LogP contribution in [0.5, 0.6) is 5.75 Å². The molecule has 3 nitrogen and oxygen atoms in total. The van der Waals surface area contributed by atoms with Crippen molar-refractivity contribution in [2.75, 3.05) is 0 Å². The van der Waals surface area contributed by atoms with Crippen molar-refractivity contribution in [1.82, 2.24) is 0 Å². The van der Waals surface area contributed by atoms with E-state index in [0.29, 0.717) is 6.61 Å². The van der Waals surface area contributed by atoms with Crippen molar-refractivity contribution < 1.29 is 9.13 Å².